The van der Waals surface area contributed by atoms with Gasteiger partial charge in [-0.3, -0.25) is 9.55 Å². The quantitative estimate of drug-likeness (QED) is 0.139. The van der Waals surface area contributed by atoms with Crippen molar-refractivity contribution in [3.8, 4) is 67.5 Å². The second-order valence-electron chi connectivity index (χ2n) is 19.8. The van der Waals surface area contributed by atoms with Gasteiger partial charge in [-0.25, -0.2) is 4.98 Å². The molecule has 0 saturated carbocycles. The summed E-state index contributed by atoms with van der Waals surface area (Å²) in [5, 5.41) is 12.3. The molecule has 8 aromatic rings. The number of aromatic hydroxyl groups is 1. The Kier molecular flexibility index (Phi) is 12.9. The van der Waals surface area contributed by atoms with E-state index in [0.29, 0.717) is 11.4 Å². The zero-order chi connectivity index (χ0) is 47.6. The van der Waals surface area contributed by atoms with E-state index in [1.165, 1.54) is 5.56 Å². The van der Waals surface area contributed by atoms with Gasteiger partial charge >= 0.3 is 0 Å². The zero-order valence-corrected chi connectivity index (χ0v) is 42.6. The van der Waals surface area contributed by atoms with Crippen LogP contribution in [0.25, 0.3) is 72.7 Å². The third-order valence-corrected chi connectivity index (χ3v) is 12.7. The van der Waals surface area contributed by atoms with Crippen molar-refractivity contribution >= 4 is 11.0 Å². The van der Waals surface area contributed by atoms with Gasteiger partial charge in [0.2, 0.25) is 0 Å². The van der Waals surface area contributed by atoms with Crippen LogP contribution in [-0.2, 0) is 26.5 Å². The molecular weight excluding hydrogens is 974 g/mol. The minimum atomic E-state index is -0.832. The Labute approximate surface area is 405 Å². The normalized spacial score (nSPS) is 12.7. The standard InChI is InChI=1S/C60H64N3O.Pt/c1-35(2)44-26-45(36(3)4)28-47(27-44)42-21-22-55(40(10)25-42)63-56-16-14-15-51(57(56)62-59(63)53-33-46(37(5)6)32-52(38(7)8)58(53)64)48-29-49(31-50(30-48)60(11,12)13)54-34-43(23-24-61-54)41-19-17-39(9)18-20-41;/h14-28,30-38,64H,1-13H3;/q-1;/i35D,36D;. The molecule has 4 nitrogen and oxygen atoms in total. The maximum absolute atomic E-state index is 12.3. The first-order valence-electron chi connectivity index (χ1n) is 23.8. The molecule has 336 valence electrons. The van der Waals surface area contributed by atoms with Crippen molar-refractivity contribution in [2.75, 3.05) is 0 Å². The first-order valence-corrected chi connectivity index (χ1v) is 22.8. The molecule has 5 heteroatoms. The van der Waals surface area contributed by atoms with Gasteiger partial charge in [0.15, 0.2) is 0 Å². The van der Waals surface area contributed by atoms with Crippen molar-refractivity contribution in [1.29, 1.82) is 0 Å². The number of nitrogens with zero attached hydrogens (tertiary/aromatic N) is 3. The monoisotopic (exact) mass is 1040 g/mol. The Morgan fingerprint density at radius 1 is 0.631 bits per heavy atom. The van der Waals surface area contributed by atoms with Crippen LogP contribution in [0.5, 0.6) is 5.75 Å². The molecule has 1 N–H and O–H groups in total. The van der Waals surface area contributed by atoms with Crippen molar-refractivity contribution in [1.82, 2.24) is 14.5 Å². The maximum atomic E-state index is 12.3. The van der Waals surface area contributed by atoms with Crippen molar-refractivity contribution < 1.29 is 28.9 Å². The summed E-state index contributed by atoms with van der Waals surface area (Å²) in [6.45, 7) is 27.2. The van der Waals surface area contributed by atoms with Crippen LogP contribution in [0.2, 0.25) is 0 Å². The van der Waals surface area contributed by atoms with E-state index in [9.17, 15) is 5.11 Å². The molecule has 6 aromatic carbocycles. The Morgan fingerprint density at radius 2 is 1.28 bits per heavy atom. The fourth-order valence-electron chi connectivity index (χ4n) is 8.61. The molecule has 65 heavy (non-hydrogen) atoms. The van der Waals surface area contributed by atoms with Crippen molar-refractivity contribution in [2.24, 2.45) is 0 Å². The number of aromatic nitrogens is 3. The number of hydrogen-bond donors (Lipinski definition) is 1. The van der Waals surface area contributed by atoms with E-state index >= 15 is 0 Å². The van der Waals surface area contributed by atoms with E-state index in [1.54, 1.807) is 0 Å². The third-order valence-electron chi connectivity index (χ3n) is 12.7. The molecule has 0 saturated heterocycles. The first-order chi connectivity index (χ1) is 31.0. The molecule has 0 aliphatic rings. The Bertz CT molecular complexity index is 3090. The molecule has 0 fully saturated rings. The Balaban J connectivity index is 0.00000666. The molecule has 2 heterocycles. The Hall–Kier alpha value is -5.57. The van der Waals surface area contributed by atoms with Gasteiger partial charge < -0.3 is 5.11 Å². The predicted molar refractivity (Wildman–Crippen MR) is 271 cm³/mol. The van der Waals surface area contributed by atoms with Gasteiger partial charge in [-0.15, -0.1) is 29.3 Å². The molecule has 0 unspecified atom stereocenters. The molecule has 0 aliphatic carbocycles. The molecule has 0 radical (unpaired) electrons. The van der Waals surface area contributed by atoms with Crippen LogP contribution >= 0.6 is 0 Å². The summed E-state index contributed by atoms with van der Waals surface area (Å²) in [6, 6.07) is 44.4. The molecule has 8 rings (SSSR count). The van der Waals surface area contributed by atoms with E-state index in [0.717, 1.165) is 94.7 Å². The van der Waals surface area contributed by atoms with Crippen LogP contribution in [0.15, 0.2) is 121 Å². The minimum absolute atomic E-state index is 0. The molecular formula is C60H64N3OPt-. The number of imidazole rings is 1. The van der Waals surface area contributed by atoms with E-state index < -0.39 is 11.8 Å². The molecule has 0 atom stereocenters. The number of para-hydroxylation sites is 1. The largest absolute Gasteiger partial charge is 0.507 e. The second kappa shape index (κ2) is 18.7. The number of fused-ring (bicyclic) bond motifs is 1. The predicted octanol–water partition coefficient (Wildman–Crippen LogP) is 16.7. The molecule has 0 aliphatic heterocycles. The summed E-state index contributed by atoms with van der Waals surface area (Å²) in [7, 11) is 0. The number of benzene rings is 6. The molecule has 0 amide bonds. The van der Waals surface area contributed by atoms with Crippen molar-refractivity contribution in [3.05, 3.63) is 166 Å². The Morgan fingerprint density at radius 3 is 1.89 bits per heavy atom. The smallest absolute Gasteiger partial charge is 0.148 e. The van der Waals surface area contributed by atoms with Gasteiger partial charge in [0, 0.05) is 35.7 Å². The van der Waals surface area contributed by atoms with E-state index in [2.05, 4.69) is 182 Å². The SMILES string of the molecule is [2H]C(C)(C)c1cc(-c2ccc(-n3c(-c4cc(C(C)C)cc(C(C)C)c4O)nc4c(-c5[c-]c(-c6cc(-c7ccc(C)cc7)ccn6)cc(C(C)(C)C)c5)cccc43)c(C)c2)cc(C([2H])(C)C)c1.[Pt]. The van der Waals surface area contributed by atoms with Gasteiger partial charge in [0.1, 0.15) is 11.6 Å². The summed E-state index contributed by atoms with van der Waals surface area (Å²) in [6.07, 6.45) is 1.88. The molecule has 0 bridgehead atoms. The zero-order valence-electron chi connectivity index (χ0n) is 42.3. The molecule has 0 spiro atoms. The van der Waals surface area contributed by atoms with Gasteiger partial charge in [0.25, 0.3) is 0 Å². The van der Waals surface area contributed by atoms with Crippen LogP contribution < -0.4 is 0 Å². The summed E-state index contributed by atoms with van der Waals surface area (Å²) in [4.78, 5) is 10.5. The summed E-state index contributed by atoms with van der Waals surface area (Å²) in [5.41, 5.74) is 18.2. The average molecular weight is 1040 g/mol. The minimum Gasteiger partial charge on any atom is -0.507 e. The number of aryl methyl sites for hydroxylation is 2. The first kappa shape index (κ1) is 44.6. The van der Waals surface area contributed by atoms with Gasteiger partial charge in [-0.05, 0) is 123 Å². The van der Waals surface area contributed by atoms with Gasteiger partial charge in [-0.1, -0.05) is 166 Å². The van der Waals surface area contributed by atoms with E-state index in [4.69, 9.17) is 12.7 Å². The number of phenols is 1. The number of hydrogen-bond acceptors (Lipinski definition) is 3. The van der Waals surface area contributed by atoms with Crippen LogP contribution in [0, 0.1) is 19.9 Å². The fraction of sp³-hybridized carbons (Fsp3) is 0.300. The average Bonchev–Trinajstić information content (AvgIpc) is 3.64. The summed E-state index contributed by atoms with van der Waals surface area (Å²) in [5.74, 6) is -0.448. The van der Waals surface area contributed by atoms with Crippen LogP contribution in [0.4, 0.5) is 0 Å². The number of rotatable bonds is 10. The second-order valence-corrected chi connectivity index (χ2v) is 19.8. The summed E-state index contributed by atoms with van der Waals surface area (Å²) < 4.78 is 20.0. The number of pyridine rings is 1. The van der Waals surface area contributed by atoms with E-state index in [-0.39, 0.29) is 44.1 Å². The number of phenolic OH excluding ortho intramolecular Hbond substituents is 1. The van der Waals surface area contributed by atoms with Crippen molar-refractivity contribution in [3.63, 3.8) is 0 Å². The van der Waals surface area contributed by atoms with Crippen molar-refractivity contribution in [2.45, 2.75) is 119 Å². The maximum Gasteiger partial charge on any atom is 0.148 e. The summed E-state index contributed by atoms with van der Waals surface area (Å²) >= 11 is 0. The molecule has 2 aromatic heterocycles. The fourth-order valence-corrected chi connectivity index (χ4v) is 8.61. The van der Waals surface area contributed by atoms with Gasteiger partial charge in [-0.2, -0.15) is 0 Å². The van der Waals surface area contributed by atoms with Crippen LogP contribution in [0.3, 0.4) is 0 Å². The third kappa shape index (κ3) is 9.57. The van der Waals surface area contributed by atoms with Gasteiger partial charge in [0.05, 0.1) is 22.3 Å². The van der Waals surface area contributed by atoms with E-state index in [1.807, 2.05) is 40.0 Å². The van der Waals surface area contributed by atoms with Crippen LogP contribution in [-0.4, -0.2) is 19.6 Å². The van der Waals surface area contributed by atoms with Crippen LogP contribution in [0.1, 0.15) is 141 Å². The topological polar surface area (TPSA) is 50.9 Å².